The Kier molecular flexibility index (Phi) is 4.76. The number of rotatable bonds is 6. The molecule has 1 atom stereocenters. The largest absolute Gasteiger partial charge is 0.482 e. The third-order valence-corrected chi connectivity index (χ3v) is 4.48. The molecule has 1 unspecified atom stereocenters. The number of carbonyl (C=O) groups excluding carboxylic acids is 1. The molecule has 2 aliphatic heterocycles. The molecular weight excluding hydrogens is 326 g/mol. The Morgan fingerprint density at radius 3 is 2.75 bits per heavy atom. The van der Waals surface area contributed by atoms with Gasteiger partial charge in [-0.3, -0.25) is 9.59 Å². The summed E-state index contributed by atoms with van der Waals surface area (Å²) in [6.07, 6.45) is 4.39. The number of fused-ring (bicyclic) bond motifs is 1. The predicted molar refractivity (Wildman–Crippen MR) is 92.9 cm³/mol. The fraction of sp³-hybridized carbons (Fsp3) is 0.278. The van der Waals surface area contributed by atoms with E-state index in [4.69, 9.17) is 22.1 Å². The van der Waals surface area contributed by atoms with Crippen LogP contribution in [0.4, 0.5) is 0 Å². The Hall–Kier alpha value is -2.47. The SMILES string of the molecule is O=C(O)CCOC(=S)C1=C2C=CC(C(=O)c3ccccc3)N2CC1. The maximum Gasteiger partial charge on any atom is 0.306 e. The minimum Gasteiger partial charge on any atom is -0.482 e. The number of hydrogen-bond acceptors (Lipinski definition) is 5. The van der Waals surface area contributed by atoms with Crippen LogP contribution in [0.1, 0.15) is 23.2 Å². The molecule has 0 bridgehead atoms. The Morgan fingerprint density at radius 1 is 1.29 bits per heavy atom. The van der Waals surface area contributed by atoms with Gasteiger partial charge in [-0.2, -0.15) is 0 Å². The summed E-state index contributed by atoms with van der Waals surface area (Å²) in [5.41, 5.74) is 2.46. The number of nitrogens with zero attached hydrogens (tertiary/aromatic N) is 1. The van der Waals surface area contributed by atoms with E-state index in [0.29, 0.717) is 23.6 Å². The molecule has 2 heterocycles. The fourth-order valence-electron chi connectivity index (χ4n) is 2.95. The number of thiocarbonyl (C=S) groups is 1. The van der Waals surface area contributed by atoms with Gasteiger partial charge in [-0.05, 0) is 24.7 Å². The van der Waals surface area contributed by atoms with Crippen molar-refractivity contribution in [3.63, 3.8) is 0 Å². The van der Waals surface area contributed by atoms with Crippen molar-refractivity contribution in [1.82, 2.24) is 4.90 Å². The first-order valence-electron chi connectivity index (χ1n) is 7.74. The minimum atomic E-state index is -0.919. The van der Waals surface area contributed by atoms with Crippen LogP contribution >= 0.6 is 12.2 Å². The zero-order valence-corrected chi connectivity index (χ0v) is 13.8. The molecule has 0 saturated carbocycles. The highest BCUT2D eigenvalue weighted by Crippen LogP contribution is 2.33. The van der Waals surface area contributed by atoms with Gasteiger partial charge in [-0.1, -0.05) is 36.4 Å². The molecule has 0 aliphatic carbocycles. The summed E-state index contributed by atoms with van der Waals surface area (Å²) in [7, 11) is 0. The van der Waals surface area contributed by atoms with E-state index in [9.17, 15) is 9.59 Å². The van der Waals surface area contributed by atoms with Gasteiger partial charge < -0.3 is 14.7 Å². The molecule has 0 radical (unpaired) electrons. The van der Waals surface area contributed by atoms with Crippen LogP contribution in [0.3, 0.4) is 0 Å². The molecule has 0 saturated heterocycles. The van der Waals surface area contributed by atoms with Crippen molar-refractivity contribution in [1.29, 1.82) is 0 Å². The van der Waals surface area contributed by atoms with Crippen molar-refractivity contribution in [3.8, 4) is 0 Å². The van der Waals surface area contributed by atoms with Crippen LogP contribution < -0.4 is 0 Å². The summed E-state index contributed by atoms with van der Waals surface area (Å²) in [5.74, 6) is -0.862. The molecule has 1 N–H and O–H groups in total. The summed E-state index contributed by atoms with van der Waals surface area (Å²) < 4.78 is 5.37. The van der Waals surface area contributed by atoms with Crippen LogP contribution in [0, 0.1) is 0 Å². The van der Waals surface area contributed by atoms with Crippen LogP contribution in [0.5, 0.6) is 0 Å². The third-order valence-electron chi connectivity index (χ3n) is 4.12. The van der Waals surface area contributed by atoms with Gasteiger partial charge in [0.2, 0.25) is 0 Å². The van der Waals surface area contributed by atoms with E-state index in [0.717, 1.165) is 11.3 Å². The second-order valence-corrected chi connectivity index (χ2v) is 5.99. The van der Waals surface area contributed by atoms with Gasteiger partial charge in [0, 0.05) is 23.4 Å². The molecule has 24 heavy (non-hydrogen) atoms. The zero-order valence-electron chi connectivity index (χ0n) is 13.0. The number of allylic oxidation sites excluding steroid dienone is 1. The number of hydrogen-bond donors (Lipinski definition) is 1. The monoisotopic (exact) mass is 343 g/mol. The first-order valence-corrected chi connectivity index (χ1v) is 8.15. The fourth-order valence-corrected chi connectivity index (χ4v) is 3.24. The highest BCUT2D eigenvalue weighted by molar-refractivity contribution is 7.80. The van der Waals surface area contributed by atoms with Gasteiger partial charge in [0.05, 0.1) is 13.0 Å². The van der Waals surface area contributed by atoms with Gasteiger partial charge in [0.1, 0.15) is 6.04 Å². The highest BCUT2D eigenvalue weighted by Gasteiger charge is 2.36. The van der Waals surface area contributed by atoms with Crippen molar-refractivity contribution in [2.45, 2.75) is 18.9 Å². The topological polar surface area (TPSA) is 66.8 Å². The van der Waals surface area contributed by atoms with E-state index in [-0.39, 0.29) is 24.9 Å². The molecule has 0 aromatic heterocycles. The smallest absolute Gasteiger partial charge is 0.306 e. The molecule has 0 fully saturated rings. The number of benzene rings is 1. The van der Waals surface area contributed by atoms with E-state index in [1.54, 1.807) is 0 Å². The lowest BCUT2D eigenvalue weighted by molar-refractivity contribution is -0.137. The van der Waals surface area contributed by atoms with E-state index in [1.165, 1.54) is 0 Å². The molecule has 0 spiro atoms. The first kappa shape index (κ1) is 16.4. The van der Waals surface area contributed by atoms with Gasteiger partial charge >= 0.3 is 5.97 Å². The number of ether oxygens (including phenoxy) is 1. The van der Waals surface area contributed by atoms with Crippen LogP contribution in [0.15, 0.2) is 53.8 Å². The standard InChI is InChI=1S/C18H17NO4S/c20-16(21)9-11-23-18(24)13-8-10-19-14(13)6-7-15(19)17(22)12-4-2-1-3-5-12/h1-7,15H,8-11H2,(H,20,21). The van der Waals surface area contributed by atoms with Gasteiger partial charge in [-0.15, -0.1) is 0 Å². The van der Waals surface area contributed by atoms with E-state index in [2.05, 4.69) is 0 Å². The summed E-state index contributed by atoms with van der Waals surface area (Å²) in [6.45, 7) is 0.754. The number of aliphatic carboxylic acids is 1. The molecule has 1 aromatic carbocycles. The van der Waals surface area contributed by atoms with Crippen molar-refractivity contribution >= 4 is 29.0 Å². The van der Waals surface area contributed by atoms with Crippen molar-refractivity contribution in [2.75, 3.05) is 13.2 Å². The van der Waals surface area contributed by atoms with E-state index in [1.807, 2.05) is 47.4 Å². The Balaban J connectivity index is 1.70. The molecule has 3 rings (SSSR count). The van der Waals surface area contributed by atoms with Crippen molar-refractivity contribution in [3.05, 3.63) is 59.3 Å². The Morgan fingerprint density at radius 2 is 2.04 bits per heavy atom. The molecule has 0 amide bonds. The normalized spacial score (nSPS) is 18.7. The number of carboxylic acids is 1. The summed E-state index contributed by atoms with van der Waals surface area (Å²) in [5, 5.41) is 8.98. The molecule has 124 valence electrons. The second kappa shape index (κ2) is 6.97. The van der Waals surface area contributed by atoms with Crippen LogP contribution in [0.2, 0.25) is 0 Å². The van der Waals surface area contributed by atoms with Gasteiger partial charge in [0.25, 0.3) is 0 Å². The summed E-state index contributed by atoms with van der Waals surface area (Å²) in [4.78, 5) is 25.2. The van der Waals surface area contributed by atoms with Gasteiger partial charge in [0.15, 0.2) is 10.8 Å². The van der Waals surface area contributed by atoms with E-state index >= 15 is 0 Å². The first-order chi connectivity index (χ1) is 11.6. The minimum absolute atomic E-state index is 0.0563. The Labute approximate surface area is 145 Å². The third kappa shape index (κ3) is 3.23. The molecule has 1 aromatic rings. The second-order valence-electron chi connectivity index (χ2n) is 5.62. The maximum atomic E-state index is 12.7. The van der Waals surface area contributed by atoms with Crippen LogP contribution in [-0.2, 0) is 9.53 Å². The van der Waals surface area contributed by atoms with Gasteiger partial charge in [-0.25, -0.2) is 0 Å². The Bertz CT molecular complexity index is 739. The molecular formula is C18H17NO4S. The number of ketones is 1. The average molecular weight is 343 g/mol. The zero-order chi connectivity index (χ0) is 17.1. The molecule has 6 heteroatoms. The lowest BCUT2D eigenvalue weighted by Crippen LogP contribution is -2.34. The lowest BCUT2D eigenvalue weighted by atomic mass is 10.0. The lowest BCUT2D eigenvalue weighted by Gasteiger charge is -2.22. The molecule has 5 nitrogen and oxygen atoms in total. The summed E-state index contributed by atoms with van der Waals surface area (Å²) >= 11 is 5.27. The van der Waals surface area contributed by atoms with Crippen LogP contribution in [0.25, 0.3) is 0 Å². The van der Waals surface area contributed by atoms with E-state index < -0.39 is 5.97 Å². The van der Waals surface area contributed by atoms with Crippen LogP contribution in [-0.4, -0.2) is 46.0 Å². The van der Waals surface area contributed by atoms with Crippen molar-refractivity contribution < 1.29 is 19.4 Å². The summed E-state index contributed by atoms with van der Waals surface area (Å²) in [6, 6.07) is 8.89. The molecule has 2 aliphatic rings. The maximum absolute atomic E-state index is 12.7. The number of Topliss-reactive ketones (excluding diaryl/α,β-unsaturated/α-hetero) is 1. The highest BCUT2D eigenvalue weighted by atomic mass is 32.1. The average Bonchev–Trinajstić information content (AvgIpc) is 3.16. The van der Waals surface area contributed by atoms with Crippen molar-refractivity contribution in [2.24, 2.45) is 0 Å². The number of carboxylic acid groups (broad SMARTS) is 1. The predicted octanol–water partition coefficient (Wildman–Crippen LogP) is 2.59. The number of carbonyl (C=O) groups is 2. The quantitative estimate of drug-likeness (QED) is 0.633.